The number of aromatic nitrogens is 1. The van der Waals surface area contributed by atoms with Crippen LogP contribution in [0.5, 0.6) is 0 Å². The van der Waals surface area contributed by atoms with E-state index in [0.29, 0.717) is 17.3 Å². The lowest BCUT2D eigenvalue weighted by Gasteiger charge is -2.06. The van der Waals surface area contributed by atoms with Crippen molar-refractivity contribution in [3.8, 4) is 11.3 Å². The van der Waals surface area contributed by atoms with Gasteiger partial charge in [-0.2, -0.15) is 0 Å². The number of nitrogens with one attached hydrogen (secondary N) is 1. The van der Waals surface area contributed by atoms with Crippen molar-refractivity contribution in [3.63, 3.8) is 0 Å². The molecule has 6 heteroatoms. The van der Waals surface area contributed by atoms with E-state index in [0.717, 1.165) is 5.56 Å². The number of oxazole rings is 1. The van der Waals surface area contributed by atoms with Crippen LogP contribution in [0.15, 0.2) is 34.9 Å². The first-order chi connectivity index (χ1) is 10.8. The summed E-state index contributed by atoms with van der Waals surface area (Å²) in [7, 11) is 0. The highest BCUT2D eigenvalue weighted by Crippen LogP contribution is 2.58. The second-order valence-electron chi connectivity index (χ2n) is 6.43. The van der Waals surface area contributed by atoms with E-state index >= 15 is 0 Å². The summed E-state index contributed by atoms with van der Waals surface area (Å²) in [5.41, 5.74) is 0.980. The molecule has 0 radical (unpaired) electrons. The highest BCUT2D eigenvalue weighted by molar-refractivity contribution is 5.99. The molecule has 0 bridgehead atoms. The van der Waals surface area contributed by atoms with Gasteiger partial charge in [0.2, 0.25) is 5.91 Å². The minimum atomic E-state index is -0.925. The zero-order valence-electron chi connectivity index (χ0n) is 13.2. The zero-order chi connectivity index (χ0) is 16.8. The second kappa shape index (κ2) is 5.22. The number of carboxylic acid groups (broad SMARTS) is 1. The summed E-state index contributed by atoms with van der Waals surface area (Å²) in [6.45, 7) is 5.37. The van der Waals surface area contributed by atoms with Crippen LogP contribution in [0.3, 0.4) is 0 Å². The molecule has 1 saturated carbocycles. The number of nitrogens with zero attached hydrogens (tertiary/aromatic N) is 1. The minimum absolute atomic E-state index is 0.259. The van der Waals surface area contributed by atoms with E-state index in [-0.39, 0.29) is 5.91 Å². The molecule has 0 saturated heterocycles. The molecule has 1 aromatic carbocycles. The van der Waals surface area contributed by atoms with Gasteiger partial charge in [0.05, 0.1) is 18.0 Å². The van der Waals surface area contributed by atoms with E-state index in [2.05, 4.69) is 10.3 Å². The average molecular weight is 314 g/mol. The lowest BCUT2D eigenvalue weighted by atomic mass is 10.1. The van der Waals surface area contributed by atoms with Crippen LogP contribution in [0.2, 0.25) is 0 Å². The molecule has 23 heavy (non-hydrogen) atoms. The van der Waals surface area contributed by atoms with Gasteiger partial charge >= 0.3 is 5.97 Å². The molecule has 0 aliphatic heterocycles. The molecule has 0 spiro atoms. The largest absolute Gasteiger partial charge is 0.481 e. The Bertz CT molecular complexity index is 761. The molecule has 1 fully saturated rings. The first-order valence-electron chi connectivity index (χ1n) is 7.37. The van der Waals surface area contributed by atoms with Crippen LogP contribution < -0.4 is 5.32 Å². The standard InChI is InChI=1S/C17H18N2O4/c1-9-18-8-12(23-9)10-4-6-11(7-5-10)19-15(20)13-14(16(21)22)17(13,2)3/h4-8,13-14H,1-3H3,(H,19,20)(H,21,22)/t13-,14+/m0/s1. The third kappa shape index (κ3) is 2.72. The van der Waals surface area contributed by atoms with Gasteiger partial charge in [-0.3, -0.25) is 9.59 Å². The molecule has 2 N–H and O–H groups in total. The van der Waals surface area contributed by atoms with E-state index < -0.39 is 23.2 Å². The molecule has 1 heterocycles. The number of aryl methyl sites for hydroxylation is 1. The molecular weight excluding hydrogens is 296 g/mol. The van der Waals surface area contributed by atoms with Crippen LogP contribution in [0, 0.1) is 24.2 Å². The Morgan fingerprint density at radius 2 is 1.87 bits per heavy atom. The average Bonchev–Trinajstić information content (AvgIpc) is 2.83. The summed E-state index contributed by atoms with van der Waals surface area (Å²) < 4.78 is 5.44. The van der Waals surface area contributed by atoms with Crippen molar-refractivity contribution in [1.82, 2.24) is 4.98 Å². The van der Waals surface area contributed by atoms with Crippen molar-refractivity contribution in [2.24, 2.45) is 17.3 Å². The molecule has 1 amide bonds. The van der Waals surface area contributed by atoms with E-state index in [9.17, 15) is 9.59 Å². The van der Waals surface area contributed by atoms with Crippen molar-refractivity contribution in [2.75, 3.05) is 5.32 Å². The fraction of sp³-hybridized carbons (Fsp3) is 0.353. The lowest BCUT2D eigenvalue weighted by Crippen LogP contribution is -2.17. The molecule has 6 nitrogen and oxygen atoms in total. The predicted molar refractivity (Wildman–Crippen MR) is 83.7 cm³/mol. The maximum absolute atomic E-state index is 12.3. The van der Waals surface area contributed by atoms with Crippen LogP contribution in [-0.4, -0.2) is 22.0 Å². The highest BCUT2D eigenvalue weighted by atomic mass is 16.4. The van der Waals surface area contributed by atoms with Gasteiger partial charge in [0.25, 0.3) is 0 Å². The monoisotopic (exact) mass is 314 g/mol. The predicted octanol–water partition coefficient (Wildman–Crippen LogP) is 2.95. The number of hydrogen-bond donors (Lipinski definition) is 2. The summed E-state index contributed by atoms with van der Waals surface area (Å²) in [4.78, 5) is 27.5. The fourth-order valence-corrected chi connectivity index (χ4v) is 3.02. The Morgan fingerprint density at radius 1 is 1.22 bits per heavy atom. The van der Waals surface area contributed by atoms with Crippen molar-refractivity contribution in [1.29, 1.82) is 0 Å². The van der Waals surface area contributed by atoms with Gasteiger partial charge in [-0.25, -0.2) is 4.98 Å². The van der Waals surface area contributed by atoms with E-state index in [1.54, 1.807) is 39.1 Å². The highest BCUT2D eigenvalue weighted by Gasteiger charge is 2.65. The van der Waals surface area contributed by atoms with Crippen LogP contribution in [0.1, 0.15) is 19.7 Å². The van der Waals surface area contributed by atoms with Gasteiger partial charge in [-0.15, -0.1) is 0 Å². The smallest absolute Gasteiger partial charge is 0.307 e. The van der Waals surface area contributed by atoms with Gasteiger partial charge in [0.1, 0.15) is 0 Å². The Labute approximate surface area is 133 Å². The van der Waals surface area contributed by atoms with Crippen molar-refractivity contribution >= 4 is 17.6 Å². The number of hydrogen-bond acceptors (Lipinski definition) is 4. The molecule has 120 valence electrons. The first kappa shape index (κ1) is 15.3. The quantitative estimate of drug-likeness (QED) is 0.905. The molecule has 2 atom stereocenters. The number of benzene rings is 1. The lowest BCUT2D eigenvalue weighted by molar-refractivity contribution is -0.140. The van der Waals surface area contributed by atoms with Gasteiger partial charge in [-0.05, 0) is 29.7 Å². The van der Waals surface area contributed by atoms with Crippen LogP contribution >= 0.6 is 0 Å². The van der Waals surface area contributed by atoms with Crippen molar-refractivity contribution in [3.05, 3.63) is 36.4 Å². The SMILES string of the molecule is Cc1ncc(-c2ccc(NC(=O)[C@@H]3[C@H](C(=O)O)C3(C)C)cc2)o1. The summed E-state index contributed by atoms with van der Waals surface area (Å²) in [6, 6.07) is 7.16. The van der Waals surface area contributed by atoms with E-state index in [1.807, 2.05) is 12.1 Å². The maximum atomic E-state index is 12.3. The number of rotatable bonds is 4. The van der Waals surface area contributed by atoms with Gasteiger partial charge in [0, 0.05) is 18.2 Å². The molecule has 1 aliphatic carbocycles. The normalized spacial score (nSPS) is 21.7. The minimum Gasteiger partial charge on any atom is -0.481 e. The number of anilines is 1. The number of amides is 1. The maximum Gasteiger partial charge on any atom is 0.307 e. The third-order valence-corrected chi connectivity index (χ3v) is 4.43. The van der Waals surface area contributed by atoms with E-state index in [1.165, 1.54) is 0 Å². The van der Waals surface area contributed by atoms with Crippen molar-refractivity contribution in [2.45, 2.75) is 20.8 Å². The number of aliphatic carboxylic acids is 1. The van der Waals surface area contributed by atoms with Crippen LogP contribution in [0.4, 0.5) is 5.69 Å². The molecule has 0 unspecified atom stereocenters. The Kier molecular flexibility index (Phi) is 3.47. The van der Waals surface area contributed by atoms with Gasteiger partial charge in [0.15, 0.2) is 11.7 Å². The summed E-state index contributed by atoms with van der Waals surface area (Å²) >= 11 is 0. The fourth-order valence-electron chi connectivity index (χ4n) is 3.02. The first-order valence-corrected chi connectivity index (χ1v) is 7.37. The zero-order valence-corrected chi connectivity index (χ0v) is 13.2. The molecule has 1 aromatic heterocycles. The summed E-state index contributed by atoms with van der Waals surface area (Å²) in [5.74, 6) is -1.06. The topological polar surface area (TPSA) is 92.4 Å². The second-order valence-corrected chi connectivity index (χ2v) is 6.43. The Balaban J connectivity index is 1.69. The van der Waals surface area contributed by atoms with Gasteiger partial charge in [-0.1, -0.05) is 13.8 Å². The van der Waals surface area contributed by atoms with Gasteiger partial charge < -0.3 is 14.8 Å². The molecule has 1 aliphatic rings. The number of carboxylic acids is 1. The van der Waals surface area contributed by atoms with Crippen LogP contribution in [0.25, 0.3) is 11.3 Å². The summed E-state index contributed by atoms with van der Waals surface area (Å²) in [5, 5.41) is 11.9. The molecule has 3 rings (SSSR count). The summed E-state index contributed by atoms with van der Waals surface area (Å²) in [6.07, 6.45) is 1.65. The number of carbonyl (C=O) groups excluding carboxylic acids is 1. The van der Waals surface area contributed by atoms with Crippen molar-refractivity contribution < 1.29 is 19.1 Å². The third-order valence-electron chi connectivity index (χ3n) is 4.43. The van der Waals surface area contributed by atoms with Crippen LogP contribution in [-0.2, 0) is 9.59 Å². The Hall–Kier alpha value is -2.63. The molecule has 2 aromatic rings. The van der Waals surface area contributed by atoms with E-state index in [4.69, 9.17) is 9.52 Å². The molecular formula is C17H18N2O4. The Morgan fingerprint density at radius 3 is 2.35 bits per heavy atom. The number of carbonyl (C=O) groups is 2.